The minimum absolute atomic E-state index is 0.153. The Labute approximate surface area is 452 Å². The van der Waals surface area contributed by atoms with Crippen LogP contribution in [-0.4, -0.2) is 150 Å². The van der Waals surface area contributed by atoms with Crippen molar-refractivity contribution in [3.05, 3.63) is 0 Å². The van der Waals surface area contributed by atoms with Gasteiger partial charge in [-0.1, -0.05) is 181 Å². The van der Waals surface area contributed by atoms with Crippen LogP contribution in [0.1, 0.15) is 226 Å². The topological polar surface area (TPSA) is 347 Å². The molecule has 0 saturated carbocycles. The molecule has 24 heteroatoms. The van der Waals surface area contributed by atoms with Gasteiger partial charge in [-0.15, -0.1) is 0 Å². The van der Waals surface area contributed by atoms with Gasteiger partial charge in [-0.3, -0.25) is 23.4 Å². The van der Waals surface area contributed by atoms with Gasteiger partial charge in [0.2, 0.25) is 11.8 Å². The van der Waals surface area contributed by atoms with Gasteiger partial charge in [0.15, 0.2) is 12.6 Å². The number of phosphoric ester groups is 2. The van der Waals surface area contributed by atoms with Gasteiger partial charge < -0.3 is 74.7 Å². The number of esters is 1. The first-order chi connectivity index (χ1) is 36.2. The van der Waals surface area contributed by atoms with Crippen LogP contribution >= 0.6 is 15.6 Å². The summed E-state index contributed by atoms with van der Waals surface area (Å²) in [7, 11) is -10.8. The van der Waals surface area contributed by atoms with Crippen LogP contribution in [0.3, 0.4) is 0 Å². The summed E-state index contributed by atoms with van der Waals surface area (Å²) in [6.07, 6.45) is 10.8. The third-order valence-corrected chi connectivity index (χ3v) is 15.0. The van der Waals surface area contributed by atoms with E-state index in [2.05, 4.69) is 31.4 Å². The summed E-state index contributed by atoms with van der Waals surface area (Å²) >= 11 is 0. The van der Waals surface area contributed by atoms with E-state index in [0.717, 1.165) is 89.9 Å². The maximum Gasteiger partial charge on any atom is 0.472 e. The summed E-state index contributed by atoms with van der Waals surface area (Å²) in [4.78, 5) is 79.0. The van der Waals surface area contributed by atoms with E-state index in [4.69, 9.17) is 28.0 Å². The van der Waals surface area contributed by atoms with Gasteiger partial charge in [-0.25, -0.2) is 9.13 Å². The van der Waals surface area contributed by atoms with Crippen LogP contribution < -0.4 is 10.6 Å². The summed E-state index contributed by atoms with van der Waals surface area (Å²) in [5.74, 6) is -2.11. The molecule has 0 bridgehead atoms. The van der Waals surface area contributed by atoms with E-state index in [1.165, 1.54) is 64.2 Å². The lowest BCUT2D eigenvalue weighted by atomic mass is 9.95. The smallest absolute Gasteiger partial charge is 0.462 e. The quantitative estimate of drug-likeness (QED) is 0.0168. The molecule has 2 fully saturated rings. The molecule has 22 nitrogen and oxygen atoms in total. The number of hydrogen-bond donors (Lipinski definition) is 11. The van der Waals surface area contributed by atoms with E-state index in [9.17, 15) is 68.6 Å². The molecular formula is C52H100N2O20P2. The van der Waals surface area contributed by atoms with Crippen LogP contribution in [0.15, 0.2) is 0 Å². The minimum atomic E-state index is -5.42. The van der Waals surface area contributed by atoms with Gasteiger partial charge in [0.1, 0.15) is 54.8 Å². The summed E-state index contributed by atoms with van der Waals surface area (Å²) in [5.41, 5.74) is 0. The van der Waals surface area contributed by atoms with Crippen LogP contribution in [0.4, 0.5) is 0 Å². The van der Waals surface area contributed by atoms with E-state index in [1.807, 2.05) is 0 Å². The third-order valence-electron chi connectivity index (χ3n) is 14.0. The van der Waals surface area contributed by atoms with Crippen molar-refractivity contribution in [3.63, 3.8) is 0 Å². The monoisotopic (exact) mass is 1130 g/mol. The molecule has 0 aromatic rings. The zero-order valence-electron chi connectivity index (χ0n) is 45.9. The van der Waals surface area contributed by atoms with Gasteiger partial charge in [0, 0.05) is 6.42 Å². The number of phosphoric acid groups is 2. The number of hydrogen-bond acceptors (Lipinski definition) is 16. The van der Waals surface area contributed by atoms with Crippen molar-refractivity contribution in [2.75, 3.05) is 13.2 Å². The molecule has 76 heavy (non-hydrogen) atoms. The van der Waals surface area contributed by atoms with Crippen LogP contribution in [0.2, 0.25) is 0 Å². The Hall–Kier alpha value is -1.69. The molecule has 2 saturated heterocycles. The Morgan fingerprint density at radius 1 is 0.526 bits per heavy atom. The van der Waals surface area contributed by atoms with Crippen molar-refractivity contribution in [1.29, 1.82) is 0 Å². The molecule has 2 heterocycles. The summed E-state index contributed by atoms with van der Waals surface area (Å²) < 4.78 is 56.9. The lowest BCUT2D eigenvalue weighted by molar-refractivity contribution is -0.294. The average molecular weight is 1140 g/mol. The second-order valence-corrected chi connectivity index (χ2v) is 23.3. The highest BCUT2D eigenvalue weighted by Crippen LogP contribution is 2.43. The van der Waals surface area contributed by atoms with Crippen molar-refractivity contribution in [3.8, 4) is 0 Å². The van der Waals surface area contributed by atoms with Crippen molar-refractivity contribution in [1.82, 2.24) is 10.6 Å². The van der Waals surface area contributed by atoms with Gasteiger partial charge in [-0.2, -0.15) is 0 Å². The number of ether oxygens (including phenoxy) is 4. The highest BCUT2D eigenvalue weighted by atomic mass is 31.2. The number of amides is 2. The van der Waals surface area contributed by atoms with Crippen LogP contribution in [0, 0.1) is 0 Å². The first kappa shape index (κ1) is 70.4. The zero-order chi connectivity index (χ0) is 56.4. The van der Waals surface area contributed by atoms with Gasteiger partial charge >= 0.3 is 21.6 Å². The van der Waals surface area contributed by atoms with E-state index in [1.54, 1.807) is 0 Å². The molecule has 12 atom stereocenters. The first-order valence-corrected chi connectivity index (χ1v) is 31.8. The number of carbonyl (C=O) groups excluding carboxylic acids is 3. The lowest BCUT2D eigenvalue weighted by Gasteiger charge is -2.45. The molecule has 0 aliphatic carbocycles. The molecule has 6 unspecified atom stereocenters. The fraction of sp³-hybridized carbons (Fsp3) is 0.942. The average Bonchev–Trinajstić information content (AvgIpc) is 3.35. The molecule has 0 spiro atoms. The second-order valence-electron chi connectivity index (χ2n) is 20.9. The molecule has 2 aliphatic heterocycles. The number of aliphatic hydroxyl groups is 5. The van der Waals surface area contributed by atoms with Crippen molar-refractivity contribution < 1.29 is 96.6 Å². The van der Waals surface area contributed by atoms with Crippen LogP contribution in [0.25, 0.3) is 0 Å². The highest BCUT2D eigenvalue weighted by molar-refractivity contribution is 7.46. The van der Waals surface area contributed by atoms with Crippen molar-refractivity contribution in [2.24, 2.45) is 0 Å². The fourth-order valence-corrected chi connectivity index (χ4v) is 10.7. The lowest BCUT2D eigenvalue weighted by Crippen LogP contribution is -2.67. The van der Waals surface area contributed by atoms with Gasteiger partial charge in [-0.05, 0) is 25.7 Å². The molecular weight excluding hydrogens is 1030 g/mol. The Morgan fingerprint density at radius 2 is 0.947 bits per heavy atom. The number of unbranched alkanes of at least 4 members (excludes halogenated alkanes) is 24. The van der Waals surface area contributed by atoms with E-state index in [-0.39, 0.29) is 6.42 Å². The predicted octanol–water partition coefficient (Wildman–Crippen LogP) is 6.90. The molecule has 2 aliphatic rings. The normalized spacial score (nSPS) is 25.0. The molecule has 0 radical (unpaired) electrons. The molecule has 0 aromatic carbocycles. The second kappa shape index (κ2) is 40.5. The predicted molar refractivity (Wildman–Crippen MR) is 283 cm³/mol. The van der Waals surface area contributed by atoms with Crippen molar-refractivity contribution >= 4 is 33.4 Å². The SMILES string of the molecule is CCCCCCCCCCCC(=O)O[C@@H](CCCCCCCCCCC)CC(=O)NC1C(O)[C@H](OP(=O)(O)O)C(CO)O[C@H]1OCC1O[C@H](OP(=O)(O)O)C(NC(=O)C[C@@H](O)CCCCCCCCCCC)C(O)[C@@H]1O. The van der Waals surface area contributed by atoms with Crippen molar-refractivity contribution in [2.45, 2.75) is 300 Å². The maximum absolute atomic E-state index is 13.9. The summed E-state index contributed by atoms with van der Waals surface area (Å²) in [6, 6.07) is -3.52. The number of carbonyl (C=O) groups is 3. The largest absolute Gasteiger partial charge is 0.472 e. The Balaban J connectivity index is 2.20. The molecule has 2 rings (SSSR count). The number of rotatable bonds is 45. The Morgan fingerprint density at radius 3 is 1.42 bits per heavy atom. The standard InChI is InChI=1S/C52H100N2O20P2/c1-4-7-10-13-16-19-22-25-28-31-38(56)34-42(57)53-45-48(61)47(60)41(72-52(45)74-76(66,67)68)37-69-51-46(49(62)50(40(36-55)71-51)73-75(63,64)65)54-43(58)35-39(32-29-26-23-20-17-14-11-8-5-2)70-44(59)33-30-27-24-21-18-15-12-9-6-3/h38-41,45-52,55-56,60-62H,4-37H2,1-3H3,(H,53,57)(H,54,58)(H2,63,64,65)(H2,66,67,68)/t38-,39-,40?,41?,45?,46?,47+,48?,49?,50+,51+,52+/m0/s1. The Kier molecular flexibility index (Phi) is 37.5. The van der Waals surface area contributed by atoms with Crippen LogP contribution in [0.5, 0.6) is 0 Å². The Bertz CT molecular complexity index is 1640. The molecule has 0 aromatic heterocycles. The van der Waals surface area contributed by atoms with E-state index < -0.39 is 133 Å². The fourth-order valence-electron chi connectivity index (χ4n) is 9.70. The molecule has 448 valence electrons. The molecule has 2 amide bonds. The maximum atomic E-state index is 13.9. The highest BCUT2D eigenvalue weighted by Gasteiger charge is 2.52. The zero-order valence-corrected chi connectivity index (χ0v) is 47.7. The number of nitrogens with one attached hydrogen (secondary N) is 2. The van der Waals surface area contributed by atoms with Gasteiger partial charge in [0.05, 0.1) is 32.2 Å². The number of aliphatic hydroxyl groups excluding tert-OH is 5. The molecule has 11 N–H and O–H groups in total. The summed E-state index contributed by atoms with van der Waals surface area (Å²) in [6.45, 7) is 4.65. The third kappa shape index (κ3) is 31.3. The van der Waals surface area contributed by atoms with Crippen LogP contribution in [-0.2, 0) is 51.5 Å². The summed E-state index contributed by atoms with van der Waals surface area (Å²) in [5, 5.41) is 59.7. The minimum Gasteiger partial charge on any atom is -0.462 e. The van der Waals surface area contributed by atoms with E-state index >= 15 is 0 Å². The van der Waals surface area contributed by atoms with Gasteiger partial charge in [0.25, 0.3) is 0 Å². The first-order valence-electron chi connectivity index (χ1n) is 28.7. The van der Waals surface area contributed by atoms with E-state index in [0.29, 0.717) is 32.1 Å².